The summed E-state index contributed by atoms with van der Waals surface area (Å²) in [6.45, 7) is -0.375. The largest absolute Gasteiger partial charge is 0.394 e. The summed E-state index contributed by atoms with van der Waals surface area (Å²) >= 11 is 0. The first kappa shape index (κ1) is 10.8. The molecule has 0 aliphatic rings. The van der Waals surface area contributed by atoms with Crippen LogP contribution in [0.4, 0.5) is 0 Å². The molecule has 0 aliphatic carbocycles. The van der Waals surface area contributed by atoms with E-state index >= 15 is 0 Å². The molecule has 0 saturated heterocycles. The molecule has 0 radical (unpaired) electrons. The highest BCUT2D eigenvalue weighted by Gasteiger charge is 2.22. The van der Waals surface area contributed by atoms with E-state index in [2.05, 4.69) is 5.32 Å². The molecule has 0 aliphatic heterocycles. The molecule has 0 heterocycles. The first-order chi connectivity index (χ1) is 5.13. The third kappa shape index (κ3) is 3.64. The van der Waals surface area contributed by atoms with Crippen LogP contribution < -0.4 is 5.32 Å². The Balaban J connectivity index is 3.70. The Bertz CT molecular complexity index is 101. The summed E-state index contributed by atoms with van der Waals surface area (Å²) in [6, 6.07) is 0. The van der Waals surface area contributed by atoms with E-state index in [4.69, 9.17) is 20.4 Å². The molecule has 0 aromatic heterocycles. The molecule has 0 rings (SSSR count). The summed E-state index contributed by atoms with van der Waals surface area (Å²) < 4.78 is 0. The molecule has 0 aromatic rings. The van der Waals surface area contributed by atoms with Gasteiger partial charge in [0.2, 0.25) is 0 Å². The van der Waals surface area contributed by atoms with Crippen LogP contribution in [0.1, 0.15) is 0 Å². The van der Waals surface area contributed by atoms with Crippen molar-refractivity contribution in [2.45, 2.75) is 18.3 Å². The standard InChI is InChI=1S/C6H15NO4/c1-7-2-4(9)6(11)5(10)3-8/h4-11H,2-3H2,1H3/t4-,5+,6-/m0/s1. The second-order valence-corrected chi connectivity index (χ2v) is 2.37. The summed E-state index contributed by atoms with van der Waals surface area (Å²) in [5.74, 6) is 0. The summed E-state index contributed by atoms with van der Waals surface area (Å²) in [7, 11) is 1.61. The Morgan fingerprint density at radius 3 is 2.09 bits per heavy atom. The van der Waals surface area contributed by atoms with Gasteiger partial charge < -0.3 is 25.7 Å². The zero-order chi connectivity index (χ0) is 8.85. The van der Waals surface area contributed by atoms with Crippen LogP contribution in [0, 0.1) is 0 Å². The SMILES string of the molecule is CNC[C@H](O)[C@H](O)[C@H](O)CO. The fourth-order valence-corrected chi connectivity index (χ4v) is 0.694. The monoisotopic (exact) mass is 165 g/mol. The normalized spacial score (nSPS) is 19.4. The molecule has 0 spiro atoms. The predicted molar refractivity (Wildman–Crippen MR) is 39.0 cm³/mol. The van der Waals surface area contributed by atoms with Gasteiger partial charge in [-0.15, -0.1) is 0 Å². The van der Waals surface area contributed by atoms with Crippen molar-refractivity contribution in [2.75, 3.05) is 20.2 Å². The van der Waals surface area contributed by atoms with Crippen LogP contribution in [0.2, 0.25) is 0 Å². The first-order valence-corrected chi connectivity index (χ1v) is 3.43. The molecule has 5 N–H and O–H groups in total. The molecule has 0 saturated carbocycles. The van der Waals surface area contributed by atoms with Gasteiger partial charge in [0, 0.05) is 6.54 Å². The van der Waals surface area contributed by atoms with Crippen molar-refractivity contribution < 1.29 is 20.4 Å². The molecule has 3 atom stereocenters. The maximum absolute atomic E-state index is 9.04. The average Bonchev–Trinajstić information content (AvgIpc) is 2.02. The molecular weight excluding hydrogens is 150 g/mol. The molecular formula is C6H15NO4. The van der Waals surface area contributed by atoms with E-state index in [1.165, 1.54) is 0 Å². The van der Waals surface area contributed by atoms with Crippen LogP contribution in [0.25, 0.3) is 0 Å². The average molecular weight is 165 g/mol. The second-order valence-electron chi connectivity index (χ2n) is 2.37. The van der Waals surface area contributed by atoms with Gasteiger partial charge in [0.25, 0.3) is 0 Å². The molecule has 0 fully saturated rings. The Labute approximate surface area is 65.3 Å². The summed E-state index contributed by atoms with van der Waals surface area (Å²) in [5, 5.41) is 37.9. The van der Waals surface area contributed by atoms with Crippen LogP contribution in [0.15, 0.2) is 0 Å². The number of likely N-dealkylation sites (N-methyl/N-ethyl adjacent to an activating group) is 1. The number of rotatable bonds is 5. The molecule has 0 unspecified atom stereocenters. The molecule has 5 nitrogen and oxygen atoms in total. The van der Waals surface area contributed by atoms with E-state index in [1.54, 1.807) is 7.05 Å². The van der Waals surface area contributed by atoms with Crippen molar-refractivity contribution in [2.24, 2.45) is 0 Å². The fraction of sp³-hybridized carbons (Fsp3) is 1.00. The summed E-state index contributed by atoms with van der Waals surface area (Å²) in [5.41, 5.74) is 0. The van der Waals surface area contributed by atoms with Gasteiger partial charge in [-0.1, -0.05) is 0 Å². The second kappa shape index (κ2) is 5.45. The van der Waals surface area contributed by atoms with Gasteiger partial charge in [-0.2, -0.15) is 0 Å². The zero-order valence-corrected chi connectivity index (χ0v) is 6.44. The smallest absolute Gasteiger partial charge is 0.109 e. The van der Waals surface area contributed by atoms with Crippen molar-refractivity contribution >= 4 is 0 Å². The molecule has 0 bridgehead atoms. The Morgan fingerprint density at radius 2 is 1.73 bits per heavy atom. The van der Waals surface area contributed by atoms with Gasteiger partial charge in [0.05, 0.1) is 12.7 Å². The minimum Gasteiger partial charge on any atom is -0.394 e. The van der Waals surface area contributed by atoms with Crippen LogP contribution in [0.3, 0.4) is 0 Å². The number of hydrogen-bond donors (Lipinski definition) is 5. The summed E-state index contributed by atoms with van der Waals surface area (Å²) in [6.07, 6.45) is -3.63. The third-order valence-corrected chi connectivity index (χ3v) is 1.39. The fourth-order valence-electron chi connectivity index (χ4n) is 0.694. The van der Waals surface area contributed by atoms with Crippen LogP contribution in [-0.4, -0.2) is 58.9 Å². The Morgan fingerprint density at radius 1 is 1.18 bits per heavy atom. The van der Waals surface area contributed by atoms with Crippen LogP contribution in [0.5, 0.6) is 0 Å². The Hall–Kier alpha value is -0.200. The van der Waals surface area contributed by atoms with Gasteiger partial charge in [-0.05, 0) is 7.05 Å². The first-order valence-electron chi connectivity index (χ1n) is 3.43. The maximum atomic E-state index is 9.04. The lowest BCUT2D eigenvalue weighted by atomic mass is 10.1. The van der Waals surface area contributed by atoms with Crippen molar-refractivity contribution in [1.82, 2.24) is 5.32 Å². The number of aliphatic hydroxyl groups is 4. The number of aliphatic hydroxyl groups excluding tert-OH is 4. The van der Waals surface area contributed by atoms with Crippen molar-refractivity contribution in [1.29, 1.82) is 0 Å². The number of nitrogens with one attached hydrogen (secondary N) is 1. The lowest BCUT2D eigenvalue weighted by molar-refractivity contribution is -0.0745. The summed E-state index contributed by atoms with van der Waals surface area (Å²) in [4.78, 5) is 0. The van der Waals surface area contributed by atoms with Gasteiger partial charge in [0.15, 0.2) is 0 Å². The van der Waals surface area contributed by atoms with Crippen molar-refractivity contribution in [3.63, 3.8) is 0 Å². The zero-order valence-electron chi connectivity index (χ0n) is 6.44. The highest BCUT2D eigenvalue weighted by molar-refractivity contribution is 4.75. The quantitative estimate of drug-likeness (QED) is 0.305. The van der Waals surface area contributed by atoms with Gasteiger partial charge >= 0.3 is 0 Å². The van der Waals surface area contributed by atoms with E-state index in [0.717, 1.165) is 0 Å². The lowest BCUT2D eigenvalue weighted by Gasteiger charge is -2.20. The molecule has 0 amide bonds. The Kier molecular flexibility index (Phi) is 5.35. The van der Waals surface area contributed by atoms with E-state index in [1.807, 2.05) is 0 Å². The van der Waals surface area contributed by atoms with Gasteiger partial charge in [-0.25, -0.2) is 0 Å². The minimum absolute atomic E-state index is 0.179. The minimum atomic E-state index is -1.30. The highest BCUT2D eigenvalue weighted by atomic mass is 16.4. The molecule has 5 heteroatoms. The molecule has 11 heavy (non-hydrogen) atoms. The molecule has 68 valence electrons. The van der Waals surface area contributed by atoms with Crippen LogP contribution in [-0.2, 0) is 0 Å². The van der Waals surface area contributed by atoms with E-state index < -0.39 is 24.9 Å². The topological polar surface area (TPSA) is 93.0 Å². The predicted octanol–water partition coefficient (Wildman–Crippen LogP) is -2.72. The van der Waals surface area contributed by atoms with E-state index in [0.29, 0.717) is 0 Å². The van der Waals surface area contributed by atoms with Gasteiger partial charge in [0.1, 0.15) is 12.2 Å². The van der Waals surface area contributed by atoms with E-state index in [-0.39, 0.29) is 6.54 Å². The van der Waals surface area contributed by atoms with Crippen molar-refractivity contribution in [3.05, 3.63) is 0 Å². The van der Waals surface area contributed by atoms with Gasteiger partial charge in [-0.3, -0.25) is 0 Å². The maximum Gasteiger partial charge on any atom is 0.109 e. The van der Waals surface area contributed by atoms with Crippen LogP contribution >= 0.6 is 0 Å². The van der Waals surface area contributed by atoms with Crippen molar-refractivity contribution in [3.8, 4) is 0 Å². The van der Waals surface area contributed by atoms with E-state index in [9.17, 15) is 0 Å². The highest BCUT2D eigenvalue weighted by Crippen LogP contribution is 1.98. The number of hydrogen-bond acceptors (Lipinski definition) is 5. The lowest BCUT2D eigenvalue weighted by Crippen LogP contribution is -2.43. The third-order valence-electron chi connectivity index (χ3n) is 1.39. The molecule has 0 aromatic carbocycles.